The Kier molecular flexibility index (Phi) is 3.91. The van der Waals surface area contributed by atoms with E-state index in [1.165, 1.54) is 0 Å². The maximum absolute atomic E-state index is 11.8. The molecular formula is C8H14F3NS. The van der Waals surface area contributed by atoms with Gasteiger partial charge in [0.15, 0.2) is 0 Å². The van der Waals surface area contributed by atoms with Gasteiger partial charge in [0.1, 0.15) is 0 Å². The van der Waals surface area contributed by atoms with Crippen LogP contribution in [0.25, 0.3) is 0 Å². The van der Waals surface area contributed by atoms with Gasteiger partial charge in [-0.2, -0.15) is 13.2 Å². The second-order valence-electron chi connectivity index (χ2n) is 3.44. The van der Waals surface area contributed by atoms with E-state index in [0.717, 1.165) is 19.3 Å². The van der Waals surface area contributed by atoms with Gasteiger partial charge in [0.25, 0.3) is 0 Å². The van der Waals surface area contributed by atoms with Crippen LogP contribution in [0, 0.1) is 5.92 Å². The Balaban J connectivity index is 2.12. The molecule has 0 aromatic rings. The first-order valence-corrected chi connectivity index (χ1v) is 5.44. The van der Waals surface area contributed by atoms with Crippen molar-refractivity contribution >= 4 is 11.8 Å². The predicted octanol–water partition coefficient (Wildman–Crippen LogP) is 2.76. The Morgan fingerprint density at radius 1 is 1.31 bits per heavy atom. The van der Waals surface area contributed by atoms with Gasteiger partial charge in [0.05, 0.1) is 0 Å². The minimum Gasteiger partial charge on any atom is -0.327 e. The first kappa shape index (κ1) is 11.2. The van der Waals surface area contributed by atoms with E-state index in [-0.39, 0.29) is 23.6 Å². The van der Waals surface area contributed by atoms with E-state index in [2.05, 4.69) is 0 Å². The molecule has 5 heteroatoms. The molecule has 1 aliphatic carbocycles. The van der Waals surface area contributed by atoms with Crippen LogP contribution < -0.4 is 5.73 Å². The zero-order valence-electron chi connectivity index (χ0n) is 7.31. The summed E-state index contributed by atoms with van der Waals surface area (Å²) in [6.45, 7) is 0. The molecule has 0 heterocycles. The summed E-state index contributed by atoms with van der Waals surface area (Å²) in [6.07, 6.45) is 3.65. The molecule has 0 amide bonds. The molecule has 0 aromatic heterocycles. The maximum atomic E-state index is 11.8. The minimum atomic E-state index is -4.08. The van der Waals surface area contributed by atoms with Gasteiger partial charge in [0.2, 0.25) is 0 Å². The highest BCUT2D eigenvalue weighted by Gasteiger charge is 2.29. The number of hydrogen-bond acceptors (Lipinski definition) is 2. The highest BCUT2D eigenvalue weighted by Crippen LogP contribution is 2.34. The molecule has 0 spiro atoms. The van der Waals surface area contributed by atoms with E-state index in [1.807, 2.05) is 0 Å². The standard InChI is InChI=1S/C8H14F3NS/c9-8(10,11)13-5-4-6-2-1-3-7(6)12/h6-7H,1-5,12H2. The van der Waals surface area contributed by atoms with Crippen molar-refractivity contribution < 1.29 is 13.2 Å². The Morgan fingerprint density at radius 2 is 2.00 bits per heavy atom. The van der Waals surface area contributed by atoms with Gasteiger partial charge in [-0.1, -0.05) is 18.2 Å². The average molecular weight is 213 g/mol. The van der Waals surface area contributed by atoms with E-state index in [0.29, 0.717) is 12.3 Å². The normalized spacial score (nSPS) is 29.5. The SMILES string of the molecule is NC1CCCC1CCSC(F)(F)F. The number of nitrogens with two attached hydrogens (primary N) is 1. The summed E-state index contributed by atoms with van der Waals surface area (Å²) in [6, 6.07) is 0.133. The van der Waals surface area contributed by atoms with Crippen LogP contribution in [0.1, 0.15) is 25.7 Å². The van der Waals surface area contributed by atoms with Crippen LogP contribution in [0.3, 0.4) is 0 Å². The third kappa shape index (κ3) is 4.22. The third-order valence-corrected chi connectivity index (χ3v) is 3.24. The van der Waals surface area contributed by atoms with Gasteiger partial charge in [-0.3, -0.25) is 0 Å². The zero-order valence-corrected chi connectivity index (χ0v) is 8.13. The number of rotatable bonds is 3. The zero-order chi connectivity index (χ0) is 9.90. The molecule has 2 unspecified atom stereocenters. The summed E-state index contributed by atoms with van der Waals surface area (Å²) in [5.74, 6) is 0.469. The molecule has 0 saturated heterocycles. The highest BCUT2D eigenvalue weighted by atomic mass is 32.2. The van der Waals surface area contributed by atoms with Gasteiger partial charge < -0.3 is 5.73 Å². The molecule has 0 aromatic carbocycles. The lowest BCUT2D eigenvalue weighted by Gasteiger charge is -2.14. The Bertz CT molecular complexity index is 160. The van der Waals surface area contributed by atoms with Crippen LogP contribution in [-0.2, 0) is 0 Å². The molecule has 0 aliphatic heterocycles. The van der Waals surface area contributed by atoms with Gasteiger partial charge in [-0.15, -0.1) is 0 Å². The van der Waals surface area contributed by atoms with Crippen molar-refractivity contribution in [3.63, 3.8) is 0 Å². The van der Waals surface area contributed by atoms with Crippen molar-refractivity contribution in [2.75, 3.05) is 5.75 Å². The maximum Gasteiger partial charge on any atom is 0.441 e. The van der Waals surface area contributed by atoms with E-state index < -0.39 is 5.51 Å². The molecule has 1 aliphatic rings. The number of alkyl halides is 3. The summed E-state index contributed by atoms with van der Waals surface area (Å²) in [5.41, 5.74) is 1.66. The third-order valence-electron chi connectivity index (χ3n) is 2.47. The molecule has 1 saturated carbocycles. The minimum absolute atomic E-state index is 0.0669. The Morgan fingerprint density at radius 3 is 2.46 bits per heavy atom. The number of thioether (sulfide) groups is 1. The van der Waals surface area contributed by atoms with Crippen LogP contribution >= 0.6 is 11.8 Å². The molecule has 2 atom stereocenters. The van der Waals surface area contributed by atoms with E-state index >= 15 is 0 Å². The van der Waals surface area contributed by atoms with Gasteiger partial charge in [-0.25, -0.2) is 0 Å². The average Bonchev–Trinajstić information content (AvgIpc) is 2.34. The fourth-order valence-corrected chi connectivity index (χ4v) is 2.40. The first-order valence-electron chi connectivity index (χ1n) is 4.45. The van der Waals surface area contributed by atoms with Crippen molar-refractivity contribution in [3.8, 4) is 0 Å². The summed E-state index contributed by atoms with van der Waals surface area (Å²) in [7, 11) is 0. The second-order valence-corrected chi connectivity index (χ2v) is 4.60. The Labute approximate surface area is 80.2 Å². The monoisotopic (exact) mass is 213 g/mol. The summed E-state index contributed by atoms with van der Waals surface area (Å²) < 4.78 is 35.3. The number of hydrogen-bond donors (Lipinski definition) is 1. The fraction of sp³-hybridized carbons (Fsp3) is 1.00. The lowest BCUT2D eigenvalue weighted by atomic mass is 10.0. The highest BCUT2D eigenvalue weighted by molar-refractivity contribution is 8.00. The van der Waals surface area contributed by atoms with Gasteiger partial charge in [-0.05, 0) is 25.2 Å². The summed E-state index contributed by atoms with van der Waals surface area (Å²) >= 11 is 0.0669. The molecule has 2 N–H and O–H groups in total. The molecule has 13 heavy (non-hydrogen) atoms. The summed E-state index contributed by atoms with van der Waals surface area (Å²) in [4.78, 5) is 0. The molecule has 1 rings (SSSR count). The van der Waals surface area contributed by atoms with Crippen LogP contribution in [0.15, 0.2) is 0 Å². The van der Waals surface area contributed by atoms with Crippen molar-refractivity contribution in [1.29, 1.82) is 0 Å². The summed E-state index contributed by atoms with van der Waals surface area (Å²) in [5, 5.41) is 0. The molecule has 1 nitrogen and oxygen atoms in total. The van der Waals surface area contributed by atoms with Gasteiger partial charge >= 0.3 is 5.51 Å². The van der Waals surface area contributed by atoms with Crippen LogP contribution in [0.4, 0.5) is 13.2 Å². The van der Waals surface area contributed by atoms with E-state index in [9.17, 15) is 13.2 Å². The molecular weight excluding hydrogens is 199 g/mol. The lowest BCUT2D eigenvalue weighted by molar-refractivity contribution is -0.0328. The molecule has 0 radical (unpaired) electrons. The largest absolute Gasteiger partial charge is 0.441 e. The predicted molar refractivity (Wildman–Crippen MR) is 48.4 cm³/mol. The molecule has 0 bridgehead atoms. The quantitative estimate of drug-likeness (QED) is 0.780. The number of halogens is 3. The van der Waals surface area contributed by atoms with E-state index in [1.54, 1.807) is 0 Å². The second kappa shape index (κ2) is 4.55. The van der Waals surface area contributed by atoms with E-state index in [4.69, 9.17) is 5.73 Å². The van der Waals surface area contributed by atoms with Gasteiger partial charge in [0, 0.05) is 11.8 Å². The van der Waals surface area contributed by atoms with Crippen molar-refractivity contribution in [2.45, 2.75) is 37.2 Å². The molecule has 78 valence electrons. The first-order chi connectivity index (χ1) is 5.99. The lowest BCUT2D eigenvalue weighted by Crippen LogP contribution is -2.25. The fourth-order valence-electron chi connectivity index (χ4n) is 1.75. The van der Waals surface area contributed by atoms with Crippen molar-refractivity contribution in [3.05, 3.63) is 0 Å². The van der Waals surface area contributed by atoms with Crippen molar-refractivity contribution in [1.82, 2.24) is 0 Å². The van der Waals surface area contributed by atoms with Crippen LogP contribution in [0.2, 0.25) is 0 Å². The van der Waals surface area contributed by atoms with Crippen LogP contribution in [-0.4, -0.2) is 17.3 Å². The topological polar surface area (TPSA) is 26.0 Å². The van der Waals surface area contributed by atoms with Crippen LogP contribution in [0.5, 0.6) is 0 Å². The molecule has 1 fully saturated rings. The Hall–Kier alpha value is 0.100. The smallest absolute Gasteiger partial charge is 0.327 e. The van der Waals surface area contributed by atoms with Crippen molar-refractivity contribution in [2.24, 2.45) is 11.7 Å².